The van der Waals surface area contributed by atoms with Gasteiger partial charge in [0.2, 0.25) is 0 Å². The number of rotatable bonds is 10. The lowest BCUT2D eigenvalue weighted by Gasteiger charge is -2.20. The molecule has 0 radical (unpaired) electrons. The van der Waals surface area contributed by atoms with Crippen molar-refractivity contribution in [2.45, 2.75) is 91.5 Å². The second kappa shape index (κ2) is 9.26. The number of unbranched alkanes of at least 4 members (excludes halogenated alkanes) is 3. The summed E-state index contributed by atoms with van der Waals surface area (Å²) >= 11 is 0. The van der Waals surface area contributed by atoms with Gasteiger partial charge in [-0.05, 0) is 40.2 Å². The van der Waals surface area contributed by atoms with Crippen LogP contribution in [0.25, 0.3) is 0 Å². The van der Waals surface area contributed by atoms with E-state index in [0.29, 0.717) is 12.7 Å². The van der Waals surface area contributed by atoms with Crippen molar-refractivity contribution in [3.63, 3.8) is 0 Å². The lowest BCUT2D eigenvalue weighted by atomic mass is 10.1. The number of furan rings is 1. The molecule has 1 heterocycles. The van der Waals surface area contributed by atoms with Crippen molar-refractivity contribution in [3.05, 3.63) is 23.7 Å². The summed E-state index contributed by atoms with van der Waals surface area (Å²) in [6.45, 7) is 12.3. The molecule has 0 aromatic carbocycles. The minimum Gasteiger partial charge on any atom is -0.468 e. The molecule has 0 saturated heterocycles. The van der Waals surface area contributed by atoms with Gasteiger partial charge in [-0.2, -0.15) is 0 Å². The minimum atomic E-state index is 0.0947. The molecule has 0 aliphatic carbocycles. The smallest absolute Gasteiger partial charge is 0.123 e. The lowest BCUT2D eigenvalue weighted by molar-refractivity contribution is 0.0450. The molecule has 1 aromatic heterocycles. The van der Waals surface area contributed by atoms with Crippen LogP contribution in [0, 0.1) is 0 Å². The maximum Gasteiger partial charge on any atom is 0.123 e. The lowest BCUT2D eigenvalue weighted by Crippen LogP contribution is -2.35. The summed E-state index contributed by atoms with van der Waals surface area (Å²) in [5.41, 5.74) is 1.25. The second-order valence-corrected chi connectivity index (χ2v) is 6.94. The van der Waals surface area contributed by atoms with Gasteiger partial charge in [0.15, 0.2) is 0 Å². The average Bonchev–Trinajstić information content (AvgIpc) is 2.86. The van der Waals surface area contributed by atoms with Gasteiger partial charge in [0, 0.05) is 11.1 Å². The second-order valence-electron chi connectivity index (χ2n) is 6.94. The first-order valence-corrected chi connectivity index (χ1v) is 8.34. The van der Waals surface area contributed by atoms with Crippen LogP contribution in [0.3, 0.4) is 0 Å². The fraction of sp³-hybridized carbons (Fsp3) is 0.778. The van der Waals surface area contributed by atoms with Crippen LogP contribution in [-0.4, -0.2) is 11.6 Å². The third-order valence-electron chi connectivity index (χ3n) is 3.60. The summed E-state index contributed by atoms with van der Waals surface area (Å²) in [6, 6.07) is 2.02. The Labute approximate surface area is 130 Å². The Morgan fingerprint density at radius 2 is 2.00 bits per heavy atom. The van der Waals surface area contributed by atoms with E-state index in [9.17, 15) is 0 Å². The van der Waals surface area contributed by atoms with E-state index in [-0.39, 0.29) is 5.54 Å². The van der Waals surface area contributed by atoms with Crippen molar-refractivity contribution in [1.29, 1.82) is 0 Å². The molecular formula is C18H33NO2. The van der Waals surface area contributed by atoms with Crippen LogP contribution in [0.15, 0.2) is 16.7 Å². The van der Waals surface area contributed by atoms with Gasteiger partial charge in [0.05, 0.1) is 25.5 Å². The summed E-state index contributed by atoms with van der Waals surface area (Å²) in [7, 11) is 0. The Bertz CT molecular complexity index is 379. The number of ether oxygens (including phenoxy) is 1. The molecule has 0 aliphatic heterocycles. The van der Waals surface area contributed by atoms with E-state index in [4.69, 9.17) is 9.15 Å². The van der Waals surface area contributed by atoms with Gasteiger partial charge < -0.3 is 14.5 Å². The van der Waals surface area contributed by atoms with Gasteiger partial charge in [-0.25, -0.2) is 0 Å². The molecule has 1 unspecified atom stereocenters. The molecule has 0 spiro atoms. The van der Waals surface area contributed by atoms with Crippen molar-refractivity contribution in [2.24, 2.45) is 0 Å². The van der Waals surface area contributed by atoms with Crippen molar-refractivity contribution in [1.82, 2.24) is 5.32 Å². The molecule has 1 N–H and O–H groups in total. The first-order valence-electron chi connectivity index (χ1n) is 8.34. The SMILES string of the molecule is CCCCCCC(C)OCc1ccoc1CNC(C)(C)C. The molecular weight excluding hydrogens is 262 g/mol. The highest BCUT2D eigenvalue weighted by atomic mass is 16.5. The van der Waals surface area contributed by atoms with Crippen LogP contribution in [0.5, 0.6) is 0 Å². The zero-order valence-corrected chi connectivity index (χ0v) is 14.5. The summed E-state index contributed by atoms with van der Waals surface area (Å²) in [4.78, 5) is 0. The first kappa shape index (κ1) is 18.2. The molecule has 1 rings (SSSR count). The van der Waals surface area contributed by atoms with Crippen LogP contribution >= 0.6 is 0 Å². The third-order valence-corrected chi connectivity index (χ3v) is 3.60. The van der Waals surface area contributed by atoms with Crippen LogP contribution < -0.4 is 5.32 Å². The van der Waals surface area contributed by atoms with Crippen LogP contribution in [0.2, 0.25) is 0 Å². The Morgan fingerprint density at radius 1 is 1.24 bits per heavy atom. The Hall–Kier alpha value is -0.800. The Kier molecular flexibility index (Phi) is 8.05. The van der Waals surface area contributed by atoms with Gasteiger partial charge >= 0.3 is 0 Å². The molecule has 0 aliphatic rings. The number of hydrogen-bond donors (Lipinski definition) is 1. The fourth-order valence-electron chi connectivity index (χ4n) is 2.17. The van der Waals surface area contributed by atoms with Gasteiger partial charge in [0.25, 0.3) is 0 Å². The molecule has 0 saturated carbocycles. The molecule has 1 aromatic rings. The van der Waals surface area contributed by atoms with Crippen LogP contribution in [-0.2, 0) is 17.9 Å². The molecule has 3 nitrogen and oxygen atoms in total. The summed E-state index contributed by atoms with van der Waals surface area (Å²) in [6.07, 6.45) is 8.42. The highest BCUT2D eigenvalue weighted by Crippen LogP contribution is 2.16. The summed E-state index contributed by atoms with van der Waals surface area (Å²) in [5.74, 6) is 0.989. The Morgan fingerprint density at radius 3 is 2.67 bits per heavy atom. The molecule has 0 fully saturated rings. The molecule has 0 bridgehead atoms. The van der Waals surface area contributed by atoms with E-state index in [1.165, 1.54) is 25.7 Å². The molecule has 21 heavy (non-hydrogen) atoms. The maximum atomic E-state index is 5.95. The van der Waals surface area contributed by atoms with E-state index in [2.05, 4.69) is 39.9 Å². The fourth-order valence-corrected chi connectivity index (χ4v) is 2.17. The maximum absolute atomic E-state index is 5.95. The molecule has 3 heteroatoms. The number of hydrogen-bond acceptors (Lipinski definition) is 3. The highest BCUT2D eigenvalue weighted by molar-refractivity contribution is 5.16. The molecule has 122 valence electrons. The third kappa shape index (κ3) is 8.27. The highest BCUT2D eigenvalue weighted by Gasteiger charge is 2.13. The molecule has 0 amide bonds. The predicted molar refractivity (Wildman–Crippen MR) is 88.3 cm³/mol. The van der Waals surface area contributed by atoms with E-state index >= 15 is 0 Å². The largest absolute Gasteiger partial charge is 0.468 e. The first-order chi connectivity index (χ1) is 9.92. The molecule has 1 atom stereocenters. The quantitative estimate of drug-likeness (QED) is 0.614. The van der Waals surface area contributed by atoms with Gasteiger partial charge in [0.1, 0.15) is 5.76 Å². The standard InChI is InChI=1S/C18H33NO2/c1-6-7-8-9-10-15(2)21-14-16-11-12-20-17(16)13-19-18(3,4)5/h11-12,15,19H,6-10,13-14H2,1-5H3. The van der Waals surface area contributed by atoms with Crippen molar-refractivity contribution < 1.29 is 9.15 Å². The average molecular weight is 295 g/mol. The van der Waals surface area contributed by atoms with E-state index in [1.54, 1.807) is 6.26 Å². The zero-order valence-electron chi connectivity index (χ0n) is 14.5. The predicted octanol–water partition coefficient (Wildman–Crippen LogP) is 5.04. The summed E-state index contributed by atoms with van der Waals surface area (Å²) < 4.78 is 11.5. The van der Waals surface area contributed by atoms with Crippen LogP contribution in [0.4, 0.5) is 0 Å². The topological polar surface area (TPSA) is 34.4 Å². The van der Waals surface area contributed by atoms with Gasteiger partial charge in [-0.1, -0.05) is 32.6 Å². The van der Waals surface area contributed by atoms with E-state index < -0.39 is 0 Å². The monoisotopic (exact) mass is 295 g/mol. The number of nitrogens with one attached hydrogen (secondary N) is 1. The van der Waals surface area contributed by atoms with E-state index in [0.717, 1.165) is 24.3 Å². The van der Waals surface area contributed by atoms with Gasteiger partial charge in [-0.3, -0.25) is 0 Å². The minimum absolute atomic E-state index is 0.0947. The summed E-state index contributed by atoms with van der Waals surface area (Å²) in [5, 5.41) is 3.45. The van der Waals surface area contributed by atoms with Crippen molar-refractivity contribution in [2.75, 3.05) is 0 Å². The normalized spacial score (nSPS) is 13.6. The van der Waals surface area contributed by atoms with Gasteiger partial charge in [-0.15, -0.1) is 0 Å². The zero-order chi connectivity index (χ0) is 15.7. The van der Waals surface area contributed by atoms with E-state index in [1.807, 2.05) is 6.07 Å². The van der Waals surface area contributed by atoms with Crippen molar-refractivity contribution in [3.8, 4) is 0 Å². The van der Waals surface area contributed by atoms with Crippen molar-refractivity contribution >= 4 is 0 Å². The Balaban J connectivity index is 2.30. The van der Waals surface area contributed by atoms with Crippen LogP contribution in [0.1, 0.15) is 78.0 Å².